The highest BCUT2D eigenvalue weighted by Crippen LogP contribution is 2.20. The lowest BCUT2D eigenvalue weighted by atomic mass is 10.0. The van der Waals surface area contributed by atoms with E-state index in [1.807, 2.05) is 0 Å². The first-order valence-corrected chi connectivity index (χ1v) is 39.9. The minimum Gasteiger partial charge on any atom is -0.466 e. The van der Waals surface area contributed by atoms with Gasteiger partial charge in [-0.05, 0) is 51.4 Å². The Balaban J connectivity index is 3.34. The lowest BCUT2D eigenvalue weighted by Crippen LogP contribution is -2.45. The predicted octanol–water partition coefficient (Wildman–Crippen LogP) is 26.3. The molecule has 6 nitrogen and oxygen atoms in total. The Bertz CT molecular complexity index is 1300. The zero-order valence-electron chi connectivity index (χ0n) is 58.8. The Hall–Kier alpha value is -1.40. The number of ether oxygens (including phenoxy) is 1. The molecule has 3 N–H and O–H groups in total. The summed E-state index contributed by atoms with van der Waals surface area (Å²) in [5.41, 5.74) is 0. The molecule has 0 aromatic rings. The summed E-state index contributed by atoms with van der Waals surface area (Å²) in [5, 5.41) is 23.5. The van der Waals surface area contributed by atoms with E-state index < -0.39 is 12.1 Å². The van der Waals surface area contributed by atoms with E-state index in [9.17, 15) is 19.8 Å². The molecule has 0 fully saturated rings. The molecular weight excluding hydrogens is 1050 g/mol. The van der Waals surface area contributed by atoms with Crippen LogP contribution in [-0.4, -0.2) is 47.4 Å². The molecule has 0 aromatic carbocycles. The number of carbonyl (C=O) groups is 2. The summed E-state index contributed by atoms with van der Waals surface area (Å²) < 4.78 is 5.50. The molecule has 0 aliphatic heterocycles. The standard InChI is InChI=1S/C80H157NO5/c1-3-5-7-9-11-13-15-17-19-21-22-23-24-32-35-38-41-44-48-52-56-60-64-68-72-78(83)77(76-82)81-79(84)73-69-65-61-57-53-49-45-42-39-36-33-30-28-26-25-27-29-31-34-37-40-43-47-51-55-59-63-67-71-75-86-80(85)74-70-66-62-58-54-50-46-20-18-16-14-12-10-8-6-4-2/h20,46,77-78,82-83H,3-19,21-45,47-76H2,1-2H3,(H,81,84)/b46-20-. The van der Waals surface area contributed by atoms with Crippen LogP contribution in [0.15, 0.2) is 12.2 Å². The van der Waals surface area contributed by atoms with Crippen molar-refractivity contribution in [3.8, 4) is 0 Å². The van der Waals surface area contributed by atoms with E-state index in [2.05, 4.69) is 31.3 Å². The maximum Gasteiger partial charge on any atom is 0.305 e. The molecule has 0 rings (SSSR count). The number of esters is 1. The van der Waals surface area contributed by atoms with Gasteiger partial charge in [0.15, 0.2) is 0 Å². The third-order valence-corrected chi connectivity index (χ3v) is 19.1. The van der Waals surface area contributed by atoms with Crippen molar-refractivity contribution in [1.29, 1.82) is 0 Å². The molecule has 0 aliphatic rings. The van der Waals surface area contributed by atoms with E-state index in [4.69, 9.17) is 4.74 Å². The van der Waals surface area contributed by atoms with Crippen LogP contribution in [-0.2, 0) is 14.3 Å². The number of rotatable bonds is 76. The molecule has 2 atom stereocenters. The smallest absolute Gasteiger partial charge is 0.305 e. The molecule has 86 heavy (non-hydrogen) atoms. The van der Waals surface area contributed by atoms with Gasteiger partial charge in [-0.15, -0.1) is 0 Å². The normalized spacial score (nSPS) is 12.5. The predicted molar refractivity (Wildman–Crippen MR) is 380 cm³/mol. The highest BCUT2D eigenvalue weighted by atomic mass is 16.5. The SMILES string of the molecule is CCCCCCCCC/C=C\CCCCCCCC(=O)OCCCCCCCCCCCCCCCCCCCCCCCCCCCCCCCC(=O)NC(CO)C(O)CCCCCCCCCCCCCCCCCCCCCCCCCC. The summed E-state index contributed by atoms with van der Waals surface area (Å²) in [5.74, 6) is -0.0118. The van der Waals surface area contributed by atoms with E-state index in [-0.39, 0.29) is 18.5 Å². The van der Waals surface area contributed by atoms with Crippen molar-refractivity contribution in [2.75, 3.05) is 13.2 Å². The Morgan fingerprint density at radius 3 is 0.826 bits per heavy atom. The van der Waals surface area contributed by atoms with Gasteiger partial charge in [-0.1, -0.05) is 411 Å². The third kappa shape index (κ3) is 71.7. The zero-order valence-corrected chi connectivity index (χ0v) is 58.8. The van der Waals surface area contributed by atoms with Crippen LogP contribution >= 0.6 is 0 Å². The Morgan fingerprint density at radius 2 is 0.547 bits per heavy atom. The fourth-order valence-electron chi connectivity index (χ4n) is 13.0. The fraction of sp³-hybridized carbons (Fsp3) is 0.950. The minimum atomic E-state index is -0.663. The minimum absolute atomic E-state index is 0.0135. The molecule has 2 unspecified atom stereocenters. The molecule has 0 aliphatic carbocycles. The van der Waals surface area contributed by atoms with Crippen molar-refractivity contribution in [1.82, 2.24) is 5.32 Å². The first kappa shape index (κ1) is 84.6. The highest BCUT2D eigenvalue weighted by Gasteiger charge is 2.20. The Labute approximate surface area is 539 Å². The van der Waals surface area contributed by atoms with E-state index in [1.54, 1.807) is 0 Å². The lowest BCUT2D eigenvalue weighted by Gasteiger charge is -2.22. The second-order valence-electron chi connectivity index (χ2n) is 27.8. The first-order chi connectivity index (χ1) is 42.5. The van der Waals surface area contributed by atoms with Gasteiger partial charge in [0.1, 0.15) is 0 Å². The lowest BCUT2D eigenvalue weighted by molar-refractivity contribution is -0.143. The van der Waals surface area contributed by atoms with Gasteiger partial charge < -0.3 is 20.3 Å². The molecule has 0 spiro atoms. The molecule has 6 heteroatoms. The van der Waals surface area contributed by atoms with Crippen LogP contribution in [0.4, 0.5) is 0 Å². The van der Waals surface area contributed by atoms with Crippen LogP contribution in [0.25, 0.3) is 0 Å². The van der Waals surface area contributed by atoms with Crippen LogP contribution in [0.2, 0.25) is 0 Å². The molecule has 0 radical (unpaired) electrons. The third-order valence-electron chi connectivity index (χ3n) is 19.1. The van der Waals surface area contributed by atoms with Crippen molar-refractivity contribution in [3.63, 3.8) is 0 Å². The van der Waals surface area contributed by atoms with Gasteiger partial charge in [-0.2, -0.15) is 0 Å². The molecule has 0 saturated heterocycles. The van der Waals surface area contributed by atoms with Gasteiger partial charge in [-0.25, -0.2) is 0 Å². The Morgan fingerprint density at radius 1 is 0.314 bits per heavy atom. The van der Waals surface area contributed by atoms with Gasteiger partial charge in [0, 0.05) is 12.8 Å². The number of aliphatic hydroxyl groups is 2. The van der Waals surface area contributed by atoms with Gasteiger partial charge in [0.2, 0.25) is 5.91 Å². The van der Waals surface area contributed by atoms with Gasteiger partial charge in [0.05, 0.1) is 25.4 Å². The summed E-state index contributed by atoms with van der Waals surface area (Å²) >= 11 is 0. The molecule has 1 amide bonds. The number of nitrogens with one attached hydrogen (secondary N) is 1. The van der Waals surface area contributed by atoms with E-state index in [0.29, 0.717) is 25.9 Å². The maximum absolute atomic E-state index is 12.6. The summed E-state index contributed by atoms with van der Waals surface area (Å²) in [6.45, 7) is 5.01. The van der Waals surface area contributed by atoms with E-state index in [0.717, 1.165) is 44.9 Å². The molecule has 0 aromatic heterocycles. The number of amides is 1. The molecule has 0 bridgehead atoms. The number of aliphatic hydroxyl groups excluding tert-OH is 2. The number of hydrogen-bond donors (Lipinski definition) is 3. The quantitative estimate of drug-likeness (QED) is 0.0320. The zero-order chi connectivity index (χ0) is 62.0. The molecular formula is C80H157NO5. The monoisotopic (exact) mass is 1210 g/mol. The highest BCUT2D eigenvalue weighted by molar-refractivity contribution is 5.76. The van der Waals surface area contributed by atoms with Crippen molar-refractivity contribution in [2.24, 2.45) is 0 Å². The van der Waals surface area contributed by atoms with Gasteiger partial charge >= 0.3 is 5.97 Å². The average molecular weight is 1210 g/mol. The van der Waals surface area contributed by atoms with E-state index in [1.165, 1.54) is 385 Å². The van der Waals surface area contributed by atoms with Crippen LogP contribution in [0.3, 0.4) is 0 Å². The maximum atomic E-state index is 12.6. The number of unbranched alkanes of at least 4 members (excludes halogenated alkanes) is 63. The summed E-state index contributed by atoms with van der Waals surface area (Å²) in [6.07, 6.45) is 95.9. The van der Waals surface area contributed by atoms with Crippen LogP contribution in [0.5, 0.6) is 0 Å². The average Bonchev–Trinajstić information content (AvgIpc) is 3.53. The molecule has 0 heterocycles. The second-order valence-corrected chi connectivity index (χ2v) is 27.8. The van der Waals surface area contributed by atoms with Crippen molar-refractivity contribution < 1.29 is 24.5 Å². The Kier molecular flexibility index (Phi) is 74.8. The number of hydrogen-bond acceptors (Lipinski definition) is 5. The van der Waals surface area contributed by atoms with Crippen LogP contribution in [0, 0.1) is 0 Å². The summed E-state index contributed by atoms with van der Waals surface area (Å²) in [6, 6.07) is -0.540. The topological polar surface area (TPSA) is 95.9 Å². The van der Waals surface area contributed by atoms with Crippen LogP contribution < -0.4 is 5.32 Å². The van der Waals surface area contributed by atoms with Crippen molar-refractivity contribution in [2.45, 2.75) is 475 Å². The largest absolute Gasteiger partial charge is 0.466 e. The fourth-order valence-corrected chi connectivity index (χ4v) is 13.0. The van der Waals surface area contributed by atoms with E-state index >= 15 is 0 Å². The van der Waals surface area contributed by atoms with Crippen molar-refractivity contribution >= 4 is 11.9 Å². The van der Waals surface area contributed by atoms with Gasteiger partial charge in [-0.3, -0.25) is 9.59 Å². The summed E-state index contributed by atoms with van der Waals surface area (Å²) in [7, 11) is 0. The van der Waals surface area contributed by atoms with Crippen LogP contribution in [0.1, 0.15) is 463 Å². The molecule has 512 valence electrons. The molecule has 0 saturated carbocycles. The summed E-state index contributed by atoms with van der Waals surface area (Å²) in [4.78, 5) is 24.7. The first-order valence-electron chi connectivity index (χ1n) is 39.9. The number of carbonyl (C=O) groups excluding carboxylic acids is 2. The van der Waals surface area contributed by atoms with Gasteiger partial charge in [0.25, 0.3) is 0 Å². The van der Waals surface area contributed by atoms with Crippen molar-refractivity contribution in [3.05, 3.63) is 12.2 Å². The second kappa shape index (κ2) is 76.1. The number of allylic oxidation sites excluding steroid dienone is 2.